The van der Waals surface area contributed by atoms with Gasteiger partial charge >= 0.3 is 0 Å². The molecule has 0 atom stereocenters. The number of carbonyl (C=O) groups is 1. The number of anilines is 1. The van der Waals surface area contributed by atoms with E-state index in [1.165, 1.54) is 0 Å². The molecule has 0 saturated carbocycles. The van der Waals surface area contributed by atoms with Crippen LogP contribution in [0.15, 0.2) is 47.1 Å². The van der Waals surface area contributed by atoms with Gasteiger partial charge in [0.15, 0.2) is 6.29 Å². The highest BCUT2D eigenvalue weighted by Crippen LogP contribution is 2.19. The molecule has 0 aliphatic rings. The number of para-hydroxylation sites is 1. The molecule has 3 nitrogen and oxygen atoms in total. The molecule has 1 aromatic carbocycles. The quantitative estimate of drug-likeness (QED) is 0.735. The summed E-state index contributed by atoms with van der Waals surface area (Å²) in [6, 6.07) is 11.3. The van der Waals surface area contributed by atoms with Gasteiger partial charge in [0.1, 0.15) is 5.76 Å². The molecule has 0 spiro atoms. The molecule has 0 aliphatic heterocycles. The maximum Gasteiger partial charge on any atom is 0.152 e. The lowest BCUT2D eigenvalue weighted by Crippen LogP contribution is -2.17. The zero-order valence-electron chi connectivity index (χ0n) is 9.09. The first-order valence-corrected chi connectivity index (χ1v) is 5.09. The normalized spacial score (nSPS) is 10.1. The van der Waals surface area contributed by atoms with Crippen LogP contribution in [0.3, 0.4) is 0 Å². The minimum Gasteiger partial charge on any atom is -0.467 e. The smallest absolute Gasteiger partial charge is 0.152 e. The number of carbonyl (C=O) groups excluding carboxylic acids is 1. The molecule has 0 fully saturated rings. The van der Waals surface area contributed by atoms with E-state index in [4.69, 9.17) is 4.42 Å². The van der Waals surface area contributed by atoms with Gasteiger partial charge < -0.3 is 9.32 Å². The van der Waals surface area contributed by atoms with Crippen molar-refractivity contribution in [3.8, 4) is 0 Å². The van der Waals surface area contributed by atoms with Crippen LogP contribution in [0.1, 0.15) is 16.1 Å². The second-order valence-corrected chi connectivity index (χ2v) is 3.61. The summed E-state index contributed by atoms with van der Waals surface area (Å²) in [5, 5.41) is 0. The van der Waals surface area contributed by atoms with Crippen LogP contribution in [0, 0.1) is 0 Å². The molecule has 0 saturated heterocycles. The van der Waals surface area contributed by atoms with Gasteiger partial charge in [-0.1, -0.05) is 12.1 Å². The highest BCUT2D eigenvalue weighted by atomic mass is 16.3. The van der Waals surface area contributed by atoms with Crippen LogP contribution < -0.4 is 4.90 Å². The lowest BCUT2D eigenvalue weighted by atomic mass is 10.2. The van der Waals surface area contributed by atoms with Crippen LogP contribution in [0.5, 0.6) is 0 Å². The summed E-state index contributed by atoms with van der Waals surface area (Å²) in [5.74, 6) is 0.878. The Morgan fingerprint density at radius 2 is 2.06 bits per heavy atom. The first kappa shape index (κ1) is 10.5. The van der Waals surface area contributed by atoms with Gasteiger partial charge in [-0.3, -0.25) is 4.79 Å². The molecule has 82 valence electrons. The lowest BCUT2D eigenvalue weighted by molar-refractivity contribution is 0.112. The maximum atomic E-state index is 10.9. The molecular weight excluding hydrogens is 202 g/mol. The summed E-state index contributed by atoms with van der Waals surface area (Å²) in [7, 11) is 1.94. The van der Waals surface area contributed by atoms with Crippen molar-refractivity contribution in [2.45, 2.75) is 6.54 Å². The molecule has 16 heavy (non-hydrogen) atoms. The van der Waals surface area contributed by atoms with Crippen LogP contribution in [-0.4, -0.2) is 13.3 Å². The summed E-state index contributed by atoms with van der Waals surface area (Å²) in [6.07, 6.45) is 2.52. The average molecular weight is 215 g/mol. The topological polar surface area (TPSA) is 33.5 Å². The number of furan rings is 1. The van der Waals surface area contributed by atoms with Crippen molar-refractivity contribution in [2.75, 3.05) is 11.9 Å². The number of benzene rings is 1. The lowest BCUT2D eigenvalue weighted by Gasteiger charge is -2.19. The van der Waals surface area contributed by atoms with Crippen LogP contribution in [-0.2, 0) is 6.54 Å². The first-order valence-electron chi connectivity index (χ1n) is 5.09. The third-order valence-corrected chi connectivity index (χ3v) is 2.45. The van der Waals surface area contributed by atoms with E-state index in [0.717, 1.165) is 17.7 Å². The number of aldehydes is 1. The Hall–Kier alpha value is -2.03. The van der Waals surface area contributed by atoms with Crippen LogP contribution in [0.4, 0.5) is 5.69 Å². The molecule has 1 heterocycles. The third kappa shape index (κ3) is 2.14. The van der Waals surface area contributed by atoms with Gasteiger partial charge in [0.05, 0.1) is 12.8 Å². The number of hydrogen-bond acceptors (Lipinski definition) is 3. The monoisotopic (exact) mass is 215 g/mol. The van der Waals surface area contributed by atoms with E-state index in [0.29, 0.717) is 12.1 Å². The van der Waals surface area contributed by atoms with E-state index in [1.807, 2.05) is 42.3 Å². The molecule has 0 radical (unpaired) electrons. The van der Waals surface area contributed by atoms with E-state index in [1.54, 1.807) is 12.3 Å². The number of nitrogens with zero attached hydrogens (tertiary/aromatic N) is 1. The largest absolute Gasteiger partial charge is 0.467 e. The third-order valence-electron chi connectivity index (χ3n) is 2.45. The van der Waals surface area contributed by atoms with Gasteiger partial charge in [-0.05, 0) is 24.3 Å². The van der Waals surface area contributed by atoms with Crippen LogP contribution >= 0.6 is 0 Å². The van der Waals surface area contributed by atoms with Crippen molar-refractivity contribution in [1.82, 2.24) is 0 Å². The van der Waals surface area contributed by atoms with Gasteiger partial charge in [0.2, 0.25) is 0 Å². The fourth-order valence-corrected chi connectivity index (χ4v) is 1.66. The summed E-state index contributed by atoms with van der Waals surface area (Å²) < 4.78 is 5.27. The summed E-state index contributed by atoms with van der Waals surface area (Å²) >= 11 is 0. The minimum atomic E-state index is 0.651. The van der Waals surface area contributed by atoms with Crippen molar-refractivity contribution in [1.29, 1.82) is 0 Å². The highest BCUT2D eigenvalue weighted by molar-refractivity contribution is 5.84. The molecule has 1 aromatic heterocycles. The molecule has 0 N–H and O–H groups in total. The SMILES string of the molecule is CN(Cc1ccco1)c1ccccc1C=O. The van der Waals surface area contributed by atoms with Gasteiger partial charge in [0, 0.05) is 18.3 Å². The predicted molar refractivity (Wildman–Crippen MR) is 62.6 cm³/mol. The van der Waals surface area contributed by atoms with E-state index in [2.05, 4.69) is 0 Å². The highest BCUT2D eigenvalue weighted by Gasteiger charge is 2.07. The number of rotatable bonds is 4. The minimum absolute atomic E-state index is 0.651. The van der Waals surface area contributed by atoms with Crippen molar-refractivity contribution in [3.05, 3.63) is 54.0 Å². The molecule has 0 aliphatic carbocycles. The van der Waals surface area contributed by atoms with E-state index < -0.39 is 0 Å². The Kier molecular flexibility index (Phi) is 3.05. The standard InChI is InChI=1S/C13H13NO2/c1-14(9-12-6-4-8-16-12)13-7-3-2-5-11(13)10-15/h2-8,10H,9H2,1H3. The van der Waals surface area contributed by atoms with Crippen molar-refractivity contribution < 1.29 is 9.21 Å². The van der Waals surface area contributed by atoms with Gasteiger partial charge in [0.25, 0.3) is 0 Å². The van der Waals surface area contributed by atoms with Crippen molar-refractivity contribution in [2.24, 2.45) is 0 Å². The van der Waals surface area contributed by atoms with E-state index in [-0.39, 0.29) is 0 Å². The summed E-state index contributed by atoms with van der Waals surface area (Å²) in [5.41, 5.74) is 1.60. The number of hydrogen-bond donors (Lipinski definition) is 0. The Morgan fingerprint density at radius 3 is 2.75 bits per heavy atom. The summed E-state index contributed by atoms with van der Waals surface area (Å²) in [6.45, 7) is 0.651. The fraction of sp³-hybridized carbons (Fsp3) is 0.154. The molecule has 2 aromatic rings. The Labute approximate surface area is 94.3 Å². The first-order chi connectivity index (χ1) is 7.81. The Balaban J connectivity index is 2.20. The Morgan fingerprint density at radius 1 is 1.25 bits per heavy atom. The molecular formula is C13H13NO2. The second kappa shape index (κ2) is 4.66. The fourth-order valence-electron chi connectivity index (χ4n) is 1.66. The van der Waals surface area contributed by atoms with Crippen molar-refractivity contribution >= 4 is 12.0 Å². The maximum absolute atomic E-state index is 10.9. The predicted octanol–water partition coefficient (Wildman–Crippen LogP) is 2.73. The van der Waals surface area contributed by atoms with E-state index >= 15 is 0 Å². The van der Waals surface area contributed by atoms with Gasteiger partial charge in [-0.15, -0.1) is 0 Å². The molecule has 0 amide bonds. The van der Waals surface area contributed by atoms with Gasteiger partial charge in [-0.2, -0.15) is 0 Å². The Bertz CT molecular complexity index is 463. The van der Waals surface area contributed by atoms with Crippen LogP contribution in [0.25, 0.3) is 0 Å². The van der Waals surface area contributed by atoms with Crippen molar-refractivity contribution in [3.63, 3.8) is 0 Å². The molecule has 0 unspecified atom stereocenters. The van der Waals surface area contributed by atoms with E-state index in [9.17, 15) is 4.79 Å². The van der Waals surface area contributed by atoms with Gasteiger partial charge in [-0.25, -0.2) is 0 Å². The zero-order valence-corrected chi connectivity index (χ0v) is 9.09. The second-order valence-electron chi connectivity index (χ2n) is 3.61. The molecule has 0 bridgehead atoms. The summed E-state index contributed by atoms with van der Waals surface area (Å²) in [4.78, 5) is 12.9. The van der Waals surface area contributed by atoms with Crippen LogP contribution in [0.2, 0.25) is 0 Å². The molecule has 2 rings (SSSR count). The zero-order chi connectivity index (χ0) is 11.4. The molecule has 3 heteroatoms. The average Bonchev–Trinajstić information content (AvgIpc) is 2.81.